The molecule has 1 heterocycles. The van der Waals surface area contributed by atoms with Gasteiger partial charge in [-0.25, -0.2) is 4.79 Å². The van der Waals surface area contributed by atoms with Gasteiger partial charge < -0.3 is 42.3 Å². The normalized spacial score (nSPS) is 24.3. The van der Waals surface area contributed by atoms with Crippen LogP contribution in [0.15, 0.2) is 54.6 Å². The van der Waals surface area contributed by atoms with E-state index in [2.05, 4.69) is 21.3 Å². The van der Waals surface area contributed by atoms with Crippen molar-refractivity contribution in [2.24, 2.45) is 5.73 Å². The largest absolute Gasteiger partial charge is 0.508 e. The molecule has 250 valence electrons. The standard InChI is InChI=1S/C31H41N5O8S2/c1-30(2)23(35-25(39)20(32)14-18-10-12-19(38)13-11-18)28(42)34-22(16-37)27(41)33-21(15-17-8-6-5-7-9-17)26(40)36-24(29(43)44)31(3,4)46-45-30/h5-13,20-24,37-38H,14-16,32H2,1-4H3,(H,33,41)(H,34,42)(H,35,39)(H,36,40)(H,43,44)/t20-,21-,22+,23-,24-/m0/s1. The smallest absolute Gasteiger partial charge is 0.327 e. The first-order valence-corrected chi connectivity index (χ1v) is 16.7. The van der Waals surface area contributed by atoms with Crippen molar-refractivity contribution >= 4 is 51.2 Å². The third kappa shape index (κ3) is 9.85. The van der Waals surface area contributed by atoms with Crippen molar-refractivity contribution in [1.82, 2.24) is 21.3 Å². The molecule has 0 saturated carbocycles. The van der Waals surface area contributed by atoms with Gasteiger partial charge in [-0.2, -0.15) is 0 Å². The highest BCUT2D eigenvalue weighted by Gasteiger charge is 2.45. The molecule has 0 unspecified atom stereocenters. The summed E-state index contributed by atoms with van der Waals surface area (Å²) in [6.45, 7) is 5.73. The third-order valence-electron chi connectivity index (χ3n) is 7.40. The highest BCUT2D eigenvalue weighted by Crippen LogP contribution is 2.46. The fourth-order valence-corrected chi connectivity index (χ4v) is 7.46. The Morgan fingerprint density at radius 2 is 1.41 bits per heavy atom. The second-order valence-corrected chi connectivity index (χ2v) is 15.5. The van der Waals surface area contributed by atoms with Gasteiger partial charge in [0.15, 0.2) is 0 Å². The van der Waals surface area contributed by atoms with Gasteiger partial charge in [0.25, 0.3) is 0 Å². The van der Waals surface area contributed by atoms with E-state index in [1.807, 2.05) is 0 Å². The number of carboxylic acid groups (broad SMARTS) is 1. The molecule has 0 spiro atoms. The van der Waals surface area contributed by atoms with Crippen molar-refractivity contribution in [2.75, 3.05) is 6.61 Å². The molecule has 1 fully saturated rings. The van der Waals surface area contributed by atoms with Crippen molar-refractivity contribution < 1.29 is 39.3 Å². The first-order valence-electron chi connectivity index (χ1n) is 14.5. The molecule has 4 amide bonds. The lowest BCUT2D eigenvalue weighted by Gasteiger charge is -2.38. The number of hydrogen-bond acceptors (Lipinski definition) is 10. The molecule has 15 heteroatoms. The van der Waals surface area contributed by atoms with Crippen LogP contribution in [0.1, 0.15) is 38.8 Å². The second kappa shape index (κ2) is 15.7. The van der Waals surface area contributed by atoms with E-state index in [0.717, 1.165) is 21.6 Å². The van der Waals surface area contributed by atoms with Crippen molar-refractivity contribution in [2.45, 2.75) is 80.2 Å². The van der Waals surface area contributed by atoms with Gasteiger partial charge in [-0.05, 0) is 57.4 Å². The Bertz CT molecular complexity index is 1410. The summed E-state index contributed by atoms with van der Waals surface area (Å²) in [5.74, 6) is -4.37. The van der Waals surface area contributed by atoms with Gasteiger partial charge in [-0.15, -0.1) is 0 Å². The predicted molar refractivity (Wildman–Crippen MR) is 176 cm³/mol. The number of aliphatic carboxylic acids is 1. The maximum Gasteiger partial charge on any atom is 0.327 e. The number of carboxylic acids is 1. The van der Waals surface area contributed by atoms with Gasteiger partial charge in [0.05, 0.1) is 17.4 Å². The topological polar surface area (TPSA) is 220 Å². The summed E-state index contributed by atoms with van der Waals surface area (Å²) in [5, 5.41) is 40.1. The van der Waals surface area contributed by atoms with Crippen LogP contribution in [0, 0.1) is 0 Å². The number of aliphatic hydroxyl groups excluding tert-OH is 1. The van der Waals surface area contributed by atoms with Crippen LogP contribution in [0.2, 0.25) is 0 Å². The summed E-state index contributed by atoms with van der Waals surface area (Å²) in [6.07, 6.45) is 0.101. The Morgan fingerprint density at radius 1 is 0.848 bits per heavy atom. The number of carbonyl (C=O) groups excluding carboxylic acids is 4. The van der Waals surface area contributed by atoms with Gasteiger partial charge in [0.2, 0.25) is 23.6 Å². The molecule has 13 nitrogen and oxygen atoms in total. The Balaban J connectivity index is 1.96. The third-order valence-corrected chi connectivity index (χ3v) is 11.6. The van der Waals surface area contributed by atoms with Crippen molar-refractivity contribution in [3.8, 4) is 5.75 Å². The van der Waals surface area contributed by atoms with E-state index in [1.54, 1.807) is 70.2 Å². The number of rotatable bonds is 8. The van der Waals surface area contributed by atoms with Crippen LogP contribution in [0.5, 0.6) is 5.75 Å². The molecule has 5 atom stereocenters. The number of nitrogens with one attached hydrogen (secondary N) is 4. The quantitative estimate of drug-likeness (QED) is 0.180. The van der Waals surface area contributed by atoms with Crippen molar-refractivity contribution in [3.63, 3.8) is 0 Å². The summed E-state index contributed by atoms with van der Waals surface area (Å²) in [6, 6.07) is 8.34. The number of carbonyl (C=O) groups is 5. The molecule has 0 aromatic heterocycles. The zero-order chi connectivity index (χ0) is 34.2. The molecule has 9 N–H and O–H groups in total. The summed E-state index contributed by atoms with van der Waals surface area (Å²) < 4.78 is -2.29. The first-order chi connectivity index (χ1) is 21.5. The van der Waals surface area contributed by atoms with E-state index in [1.165, 1.54) is 12.1 Å². The fourth-order valence-electron chi connectivity index (χ4n) is 4.65. The van der Waals surface area contributed by atoms with Crippen LogP contribution in [-0.4, -0.2) is 91.2 Å². The molecule has 3 rings (SSSR count). The molecular weight excluding hydrogens is 635 g/mol. The minimum Gasteiger partial charge on any atom is -0.508 e. The number of aliphatic hydroxyl groups is 1. The lowest BCUT2D eigenvalue weighted by Crippen LogP contribution is -2.64. The number of phenols is 1. The van der Waals surface area contributed by atoms with E-state index < -0.39 is 75.9 Å². The summed E-state index contributed by atoms with van der Waals surface area (Å²) in [7, 11) is 2.22. The monoisotopic (exact) mass is 675 g/mol. The average Bonchev–Trinajstić information content (AvgIpc) is 3.00. The second-order valence-electron chi connectivity index (χ2n) is 12.1. The molecule has 46 heavy (non-hydrogen) atoms. The Hall–Kier alpha value is -3.79. The number of hydrogen-bond donors (Lipinski definition) is 8. The molecule has 1 aliphatic rings. The predicted octanol–water partition coefficient (Wildman–Crippen LogP) is 0.473. The van der Waals surface area contributed by atoms with E-state index in [0.29, 0.717) is 11.1 Å². The summed E-state index contributed by atoms with van der Waals surface area (Å²) in [5.41, 5.74) is 7.53. The number of phenolic OH excluding ortho intramolecular Hbond substituents is 1. The van der Waals surface area contributed by atoms with Crippen molar-refractivity contribution in [1.29, 1.82) is 0 Å². The van der Waals surface area contributed by atoms with E-state index in [9.17, 15) is 39.3 Å². The Morgan fingerprint density at radius 3 is 2.00 bits per heavy atom. The highest BCUT2D eigenvalue weighted by atomic mass is 33.1. The lowest BCUT2D eigenvalue weighted by molar-refractivity contribution is -0.143. The SMILES string of the molecule is CC1(C)SSC(C)(C)[C@@H](NC(=O)[C@@H](N)Cc2ccc(O)cc2)C(=O)N[C@H](CO)C(=O)N[C@@H](Cc2ccccc2)C(=O)N[C@H]1C(=O)O. The first kappa shape index (κ1) is 36.7. The zero-order valence-electron chi connectivity index (χ0n) is 26.0. The van der Waals surface area contributed by atoms with E-state index in [-0.39, 0.29) is 18.6 Å². The number of amides is 4. The Kier molecular flexibility index (Phi) is 12.5. The minimum atomic E-state index is -1.51. The molecule has 1 saturated heterocycles. The van der Waals surface area contributed by atoms with E-state index >= 15 is 0 Å². The van der Waals surface area contributed by atoms with Gasteiger partial charge in [0.1, 0.15) is 29.9 Å². The molecule has 1 aliphatic heterocycles. The fraction of sp³-hybridized carbons (Fsp3) is 0.452. The Labute approximate surface area is 275 Å². The van der Waals surface area contributed by atoms with Gasteiger partial charge >= 0.3 is 5.97 Å². The van der Waals surface area contributed by atoms with Crippen LogP contribution in [0.3, 0.4) is 0 Å². The van der Waals surface area contributed by atoms with E-state index in [4.69, 9.17) is 5.73 Å². The molecule has 2 aromatic rings. The molecular formula is C31H41N5O8S2. The maximum absolute atomic E-state index is 13.8. The van der Waals surface area contributed by atoms with Crippen LogP contribution < -0.4 is 27.0 Å². The molecule has 0 aliphatic carbocycles. The van der Waals surface area contributed by atoms with Gasteiger partial charge in [-0.1, -0.05) is 64.1 Å². The van der Waals surface area contributed by atoms with Crippen LogP contribution in [-0.2, 0) is 36.8 Å². The summed E-state index contributed by atoms with van der Waals surface area (Å²) >= 11 is 0. The number of benzene rings is 2. The number of nitrogens with two attached hydrogens (primary N) is 1. The molecule has 0 bridgehead atoms. The van der Waals surface area contributed by atoms with Crippen LogP contribution in [0.4, 0.5) is 0 Å². The highest BCUT2D eigenvalue weighted by molar-refractivity contribution is 8.77. The molecule has 0 radical (unpaired) electrons. The number of aromatic hydroxyl groups is 1. The maximum atomic E-state index is 13.8. The van der Waals surface area contributed by atoms with Crippen LogP contribution >= 0.6 is 21.6 Å². The summed E-state index contributed by atoms with van der Waals surface area (Å²) in [4.78, 5) is 66.3. The van der Waals surface area contributed by atoms with Gasteiger partial charge in [0, 0.05) is 11.2 Å². The minimum absolute atomic E-state index is 0.00377. The lowest BCUT2D eigenvalue weighted by atomic mass is 9.99. The van der Waals surface area contributed by atoms with Gasteiger partial charge in [-0.3, -0.25) is 19.2 Å². The molecule has 2 aromatic carbocycles. The van der Waals surface area contributed by atoms with Crippen LogP contribution in [0.25, 0.3) is 0 Å². The zero-order valence-corrected chi connectivity index (χ0v) is 27.6. The average molecular weight is 676 g/mol. The van der Waals surface area contributed by atoms with Crippen molar-refractivity contribution in [3.05, 3.63) is 65.7 Å².